The number of pyridine rings is 1. The maximum Gasteiger partial charge on any atom is 0.252 e. The highest BCUT2D eigenvalue weighted by Gasteiger charge is 2.16. The summed E-state index contributed by atoms with van der Waals surface area (Å²) >= 11 is 11.4. The zero-order valence-electron chi connectivity index (χ0n) is 10.7. The molecule has 0 aliphatic carbocycles. The van der Waals surface area contributed by atoms with Gasteiger partial charge in [0.25, 0.3) is 5.91 Å². The Morgan fingerprint density at radius 3 is 2.42 bits per heavy atom. The molecule has 5 nitrogen and oxygen atoms in total. The van der Waals surface area contributed by atoms with E-state index < -0.39 is 11.9 Å². The maximum absolute atomic E-state index is 11.9. The molecule has 1 unspecified atom stereocenters. The molecule has 7 heteroatoms. The normalized spacial score (nSPS) is 11.8. The van der Waals surface area contributed by atoms with Crippen LogP contribution < -0.4 is 10.6 Å². The molecule has 2 N–H and O–H groups in total. The first-order valence-electron chi connectivity index (χ1n) is 5.85. The molecule has 0 fully saturated rings. The SMILES string of the molecule is CCCNC(=O)C(C)NC(=O)c1cc(Cl)nc(Cl)c1. The van der Waals surface area contributed by atoms with E-state index >= 15 is 0 Å². The van der Waals surface area contributed by atoms with Crippen LogP contribution in [0.4, 0.5) is 0 Å². The van der Waals surface area contributed by atoms with Crippen LogP contribution in [0.2, 0.25) is 10.3 Å². The van der Waals surface area contributed by atoms with Crippen LogP contribution in [0, 0.1) is 0 Å². The molecule has 104 valence electrons. The van der Waals surface area contributed by atoms with E-state index in [2.05, 4.69) is 15.6 Å². The molecule has 0 aliphatic heterocycles. The van der Waals surface area contributed by atoms with Crippen molar-refractivity contribution in [3.63, 3.8) is 0 Å². The van der Waals surface area contributed by atoms with E-state index in [4.69, 9.17) is 23.2 Å². The van der Waals surface area contributed by atoms with E-state index in [9.17, 15) is 9.59 Å². The third kappa shape index (κ3) is 5.04. The lowest BCUT2D eigenvalue weighted by molar-refractivity contribution is -0.122. The Balaban J connectivity index is 2.66. The number of carbonyl (C=O) groups is 2. The number of aromatic nitrogens is 1. The summed E-state index contributed by atoms with van der Waals surface area (Å²) in [6, 6.07) is 2.14. The summed E-state index contributed by atoms with van der Waals surface area (Å²) < 4.78 is 0. The molecule has 1 aromatic heterocycles. The lowest BCUT2D eigenvalue weighted by atomic mass is 10.2. The van der Waals surface area contributed by atoms with Crippen LogP contribution in [0.5, 0.6) is 0 Å². The Morgan fingerprint density at radius 2 is 1.89 bits per heavy atom. The first-order chi connectivity index (χ1) is 8.93. The van der Waals surface area contributed by atoms with E-state index in [1.165, 1.54) is 12.1 Å². The number of amides is 2. The monoisotopic (exact) mass is 303 g/mol. The van der Waals surface area contributed by atoms with Gasteiger partial charge in [-0.05, 0) is 25.5 Å². The van der Waals surface area contributed by atoms with Crippen LogP contribution in [0.1, 0.15) is 30.6 Å². The molecular formula is C12H15Cl2N3O2. The van der Waals surface area contributed by atoms with Gasteiger partial charge in [-0.3, -0.25) is 9.59 Å². The Labute approximate surface area is 121 Å². The minimum absolute atomic E-state index is 0.126. The van der Waals surface area contributed by atoms with E-state index in [1.807, 2.05) is 6.92 Å². The van der Waals surface area contributed by atoms with Gasteiger partial charge >= 0.3 is 0 Å². The Hall–Kier alpha value is -1.33. The zero-order valence-corrected chi connectivity index (χ0v) is 12.2. The van der Waals surface area contributed by atoms with Crippen molar-refractivity contribution >= 4 is 35.0 Å². The van der Waals surface area contributed by atoms with Crippen LogP contribution >= 0.6 is 23.2 Å². The summed E-state index contributed by atoms with van der Waals surface area (Å²) in [7, 11) is 0. The lowest BCUT2D eigenvalue weighted by Crippen LogP contribution is -2.45. The van der Waals surface area contributed by atoms with E-state index in [0.717, 1.165) is 6.42 Å². The Bertz CT molecular complexity index is 460. The Kier molecular flexibility index (Phi) is 6.05. The van der Waals surface area contributed by atoms with Crippen LogP contribution in [-0.2, 0) is 4.79 Å². The van der Waals surface area contributed by atoms with Gasteiger partial charge in [-0.25, -0.2) is 4.98 Å². The average Bonchev–Trinajstić information content (AvgIpc) is 2.34. The summed E-state index contributed by atoms with van der Waals surface area (Å²) in [4.78, 5) is 27.3. The third-order valence-corrected chi connectivity index (χ3v) is 2.70. The average molecular weight is 304 g/mol. The summed E-state index contributed by atoms with van der Waals surface area (Å²) in [6.45, 7) is 4.13. The van der Waals surface area contributed by atoms with Crippen molar-refractivity contribution in [2.45, 2.75) is 26.3 Å². The minimum Gasteiger partial charge on any atom is -0.354 e. The van der Waals surface area contributed by atoms with Crippen LogP contribution in [-0.4, -0.2) is 29.4 Å². The fourth-order valence-corrected chi connectivity index (χ4v) is 1.80. The molecule has 0 aromatic carbocycles. The highest BCUT2D eigenvalue weighted by atomic mass is 35.5. The highest BCUT2D eigenvalue weighted by Crippen LogP contribution is 2.14. The zero-order chi connectivity index (χ0) is 14.4. The van der Waals surface area contributed by atoms with Gasteiger partial charge in [0.15, 0.2) is 0 Å². The molecule has 1 atom stereocenters. The van der Waals surface area contributed by atoms with Gasteiger partial charge in [0.1, 0.15) is 16.3 Å². The largest absolute Gasteiger partial charge is 0.354 e. The lowest BCUT2D eigenvalue weighted by Gasteiger charge is -2.13. The number of rotatable bonds is 5. The first kappa shape index (κ1) is 15.7. The number of hydrogen-bond acceptors (Lipinski definition) is 3. The highest BCUT2D eigenvalue weighted by molar-refractivity contribution is 6.33. The molecule has 1 heterocycles. The summed E-state index contributed by atoms with van der Waals surface area (Å²) in [5, 5.41) is 5.51. The van der Waals surface area contributed by atoms with Crippen molar-refractivity contribution in [2.75, 3.05) is 6.54 Å². The second-order valence-corrected chi connectivity index (χ2v) is 4.76. The maximum atomic E-state index is 11.9. The molecule has 0 aliphatic rings. The summed E-state index contributed by atoms with van der Waals surface area (Å²) in [5.41, 5.74) is 0.264. The van der Waals surface area contributed by atoms with Gasteiger partial charge in [-0.2, -0.15) is 0 Å². The Morgan fingerprint density at radius 1 is 1.32 bits per heavy atom. The van der Waals surface area contributed by atoms with Crippen molar-refractivity contribution in [1.29, 1.82) is 0 Å². The molecule has 1 rings (SSSR count). The van der Waals surface area contributed by atoms with Crippen molar-refractivity contribution in [3.8, 4) is 0 Å². The molecular weight excluding hydrogens is 289 g/mol. The predicted molar refractivity (Wildman–Crippen MR) is 74.5 cm³/mol. The molecule has 2 amide bonds. The van der Waals surface area contributed by atoms with Gasteiger partial charge in [-0.15, -0.1) is 0 Å². The summed E-state index contributed by atoms with van der Waals surface area (Å²) in [6.07, 6.45) is 0.835. The van der Waals surface area contributed by atoms with E-state index in [0.29, 0.717) is 6.54 Å². The molecule has 0 radical (unpaired) electrons. The smallest absolute Gasteiger partial charge is 0.252 e. The first-order valence-corrected chi connectivity index (χ1v) is 6.61. The molecule has 19 heavy (non-hydrogen) atoms. The van der Waals surface area contributed by atoms with Crippen molar-refractivity contribution < 1.29 is 9.59 Å². The van der Waals surface area contributed by atoms with Gasteiger partial charge in [0.2, 0.25) is 5.91 Å². The molecule has 0 saturated heterocycles. The third-order valence-electron chi connectivity index (χ3n) is 2.32. The minimum atomic E-state index is -0.634. The number of hydrogen-bond donors (Lipinski definition) is 2. The molecule has 0 bridgehead atoms. The molecule has 0 spiro atoms. The van der Waals surface area contributed by atoms with Crippen LogP contribution in [0.25, 0.3) is 0 Å². The number of halogens is 2. The topological polar surface area (TPSA) is 71.1 Å². The number of nitrogens with one attached hydrogen (secondary N) is 2. The van der Waals surface area contributed by atoms with Gasteiger partial charge in [0.05, 0.1) is 0 Å². The second-order valence-electron chi connectivity index (χ2n) is 3.99. The van der Waals surface area contributed by atoms with Crippen molar-refractivity contribution in [2.24, 2.45) is 0 Å². The van der Waals surface area contributed by atoms with Crippen molar-refractivity contribution in [1.82, 2.24) is 15.6 Å². The quantitative estimate of drug-likeness (QED) is 0.818. The molecule has 0 saturated carbocycles. The second kappa shape index (κ2) is 7.31. The number of nitrogens with zero attached hydrogens (tertiary/aromatic N) is 1. The van der Waals surface area contributed by atoms with Crippen LogP contribution in [0.15, 0.2) is 12.1 Å². The van der Waals surface area contributed by atoms with Crippen LogP contribution in [0.3, 0.4) is 0 Å². The molecule has 1 aromatic rings. The fourth-order valence-electron chi connectivity index (χ4n) is 1.34. The summed E-state index contributed by atoms with van der Waals surface area (Å²) in [5.74, 6) is -0.660. The van der Waals surface area contributed by atoms with Crippen molar-refractivity contribution in [3.05, 3.63) is 28.0 Å². The number of carbonyl (C=O) groups excluding carboxylic acids is 2. The fraction of sp³-hybridized carbons (Fsp3) is 0.417. The van der Waals surface area contributed by atoms with Gasteiger partial charge in [-0.1, -0.05) is 30.1 Å². The van der Waals surface area contributed by atoms with Gasteiger partial charge < -0.3 is 10.6 Å². The standard InChI is InChI=1S/C12H15Cl2N3O2/c1-3-4-15-11(18)7(2)16-12(19)8-5-9(13)17-10(14)6-8/h5-7H,3-4H2,1-2H3,(H,15,18)(H,16,19). The van der Waals surface area contributed by atoms with E-state index in [-0.39, 0.29) is 21.8 Å². The predicted octanol–water partition coefficient (Wildman–Crippen LogP) is 2.03. The van der Waals surface area contributed by atoms with E-state index in [1.54, 1.807) is 6.92 Å². The van der Waals surface area contributed by atoms with Gasteiger partial charge in [0, 0.05) is 12.1 Å².